The standard InChI is InChI=1S/C65H68N4O/c1-42(2)53-25-19-26-54(43(3)4)62(53)44-34-50(39-52(35-44)70-51-29-30-56-55-24-16-17-27-57(55)69(59(56)40-51)61-38-47(32-33-66-61)64(8,9)10)68-41-67(58-31-28-46(37-60(58)68)63(5,6)7)49-23-18-22-48(36-49)65(11,12)45-20-14-13-15-21-45/h13-40,42-43H,41H2,1-12H3. The highest BCUT2D eigenvalue weighted by atomic mass is 16.5. The zero-order valence-corrected chi connectivity index (χ0v) is 43.2. The Kier molecular flexibility index (Phi) is 11.8. The maximum absolute atomic E-state index is 7.21. The number of hydrogen-bond acceptors (Lipinski definition) is 4. The Labute approximate surface area is 416 Å². The van der Waals surface area contributed by atoms with Crippen LogP contribution < -0.4 is 14.5 Å². The lowest BCUT2D eigenvalue weighted by atomic mass is 9.78. The van der Waals surface area contributed by atoms with E-state index >= 15 is 0 Å². The van der Waals surface area contributed by atoms with Crippen molar-refractivity contribution in [2.75, 3.05) is 16.5 Å². The van der Waals surface area contributed by atoms with Gasteiger partial charge in [-0.1, -0.05) is 168 Å². The first-order valence-corrected chi connectivity index (χ1v) is 25.2. The summed E-state index contributed by atoms with van der Waals surface area (Å²) >= 11 is 0. The van der Waals surface area contributed by atoms with Crippen molar-refractivity contribution in [1.29, 1.82) is 0 Å². The Morgan fingerprint density at radius 3 is 1.83 bits per heavy atom. The molecule has 70 heavy (non-hydrogen) atoms. The SMILES string of the molecule is CC(C)c1cccc(C(C)C)c1-c1cc(Oc2ccc3c4ccccc4n(-c4cc(C(C)(C)C)ccn4)c3c2)cc(N2CN(c3cccc(C(C)(C)c4ccccc4)c3)c3ccc(C(C)(C)C)cc32)c1. The zero-order valence-electron chi connectivity index (χ0n) is 43.2. The van der Waals surface area contributed by atoms with E-state index in [1.807, 2.05) is 6.20 Å². The number of benzene rings is 7. The molecule has 0 atom stereocenters. The lowest BCUT2D eigenvalue weighted by Crippen LogP contribution is -2.25. The summed E-state index contributed by atoms with van der Waals surface area (Å²) in [5.74, 6) is 3.09. The minimum atomic E-state index is -0.182. The number of pyridine rings is 1. The van der Waals surface area contributed by atoms with Crippen LogP contribution in [-0.4, -0.2) is 16.2 Å². The molecular weight excluding hydrogens is 853 g/mol. The third kappa shape index (κ3) is 8.54. The van der Waals surface area contributed by atoms with Gasteiger partial charge in [-0.3, -0.25) is 4.57 Å². The summed E-state index contributed by atoms with van der Waals surface area (Å²) in [6, 6.07) is 60.3. The van der Waals surface area contributed by atoms with Crippen molar-refractivity contribution < 1.29 is 4.74 Å². The van der Waals surface area contributed by atoms with Gasteiger partial charge in [0.1, 0.15) is 24.0 Å². The lowest BCUT2D eigenvalue weighted by molar-refractivity contribution is 0.483. The van der Waals surface area contributed by atoms with Crippen LogP contribution in [0.1, 0.15) is 128 Å². The number of hydrogen-bond donors (Lipinski definition) is 0. The fraction of sp³-hybridized carbons (Fsp3) is 0.277. The second-order valence-electron chi connectivity index (χ2n) is 22.6. The number of rotatable bonds is 10. The molecule has 5 heteroatoms. The van der Waals surface area contributed by atoms with Gasteiger partial charge in [0, 0.05) is 45.9 Å². The molecule has 7 aromatic carbocycles. The van der Waals surface area contributed by atoms with Gasteiger partial charge in [-0.2, -0.15) is 0 Å². The van der Waals surface area contributed by atoms with E-state index in [1.165, 1.54) is 61.4 Å². The van der Waals surface area contributed by atoms with Gasteiger partial charge >= 0.3 is 0 Å². The molecule has 3 heterocycles. The molecule has 1 aliphatic rings. The molecule has 9 aromatic rings. The highest BCUT2D eigenvalue weighted by Gasteiger charge is 2.33. The number of aromatic nitrogens is 2. The molecule has 10 rings (SSSR count). The van der Waals surface area contributed by atoms with Crippen molar-refractivity contribution in [2.45, 2.75) is 111 Å². The highest BCUT2D eigenvalue weighted by Crippen LogP contribution is 2.49. The molecule has 354 valence electrons. The molecule has 0 radical (unpaired) electrons. The van der Waals surface area contributed by atoms with E-state index in [4.69, 9.17) is 9.72 Å². The summed E-state index contributed by atoms with van der Waals surface area (Å²) in [5.41, 5.74) is 16.7. The van der Waals surface area contributed by atoms with Crippen molar-refractivity contribution >= 4 is 44.6 Å². The topological polar surface area (TPSA) is 33.5 Å². The van der Waals surface area contributed by atoms with Crippen LogP contribution in [0.2, 0.25) is 0 Å². The van der Waals surface area contributed by atoms with Gasteiger partial charge in [-0.25, -0.2) is 4.98 Å². The fourth-order valence-corrected chi connectivity index (χ4v) is 10.5. The van der Waals surface area contributed by atoms with E-state index in [0.29, 0.717) is 18.5 Å². The average molecular weight is 921 g/mol. The normalized spacial score (nSPS) is 13.3. The molecule has 5 nitrogen and oxygen atoms in total. The van der Waals surface area contributed by atoms with Gasteiger partial charge in [0.2, 0.25) is 0 Å². The Bertz CT molecular complexity index is 3370. The summed E-state index contributed by atoms with van der Waals surface area (Å²) in [7, 11) is 0. The number of nitrogens with zero attached hydrogens (tertiary/aromatic N) is 4. The molecule has 2 aromatic heterocycles. The molecule has 1 aliphatic heterocycles. The van der Waals surface area contributed by atoms with Crippen LogP contribution in [0.5, 0.6) is 11.5 Å². The Morgan fingerprint density at radius 1 is 0.471 bits per heavy atom. The predicted molar refractivity (Wildman–Crippen MR) is 297 cm³/mol. The molecule has 0 bridgehead atoms. The molecule has 0 spiro atoms. The van der Waals surface area contributed by atoms with Crippen molar-refractivity contribution in [3.8, 4) is 28.4 Å². The highest BCUT2D eigenvalue weighted by molar-refractivity contribution is 6.09. The molecule has 0 unspecified atom stereocenters. The average Bonchev–Trinajstić information content (AvgIpc) is 3.89. The molecule has 0 amide bonds. The molecule has 0 saturated heterocycles. The van der Waals surface area contributed by atoms with E-state index in [0.717, 1.165) is 45.0 Å². The molecule has 0 aliphatic carbocycles. The van der Waals surface area contributed by atoms with Crippen LogP contribution in [0.4, 0.5) is 22.7 Å². The first-order valence-electron chi connectivity index (χ1n) is 25.2. The summed E-state index contributed by atoms with van der Waals surface area (Å²) in [6.07, 6.45) is 1.94. The maximum atomic E-state index is 7.21. The van der Waals surface area contributed by atoms with Crippen molar-refractivity contribution in [2.24, 2.45) is 0 Å². The third-order valence-corrected chi connectivity index (χ3v) is 14.7. The quantitative estimate of drug-likeness (QED) is 0.137. The number of fused-ring (bicyclic) bond motifs is 4. The fourth-order valence-electron chi connectivity index (χ4n) is 10.5. The van der Waals surface area contributed by atoms with Crippen molar-refractivity contribution in [3.05, 3.63) is 203 Å². The Morgan fingerprint density at radius 2 is 1.11 bits per heavy atom. The number of ether oxygens (including phenoxy) is 1. The second-order valence-corrected chi connectivity index (χ2v) is 22.6. The number of anilines is 4. The molecule has 0 saturated carbocycles. The zero-order chi connectivity index (χ0) is 49.3. The number of para-hydroxylation sites is 1. The van der Waals surface area contributed by atoms with E-state index in [1.54, 1.807) is 0 Å². The summed E-state index contributed by atoms with van der Waals surface area (Å²) in [5, 5.41) is 2.34. The van der Waals surface area contributed by atoms with Crippen molar-refractivity contribution in [1.82, 2.24) is 9.55 Å². The Balaban J connectivity index is 1.15. The Hall–Kier alpha value is -7.11. The van der Waals surface area contributed by atoms with E-state index in [2.05, 4.69) is 261 Å². The first-order chi connectivity index (χ1) is 33.4. The van der Waals surface area contributed by atoms with Gasteiger partial charge in [0.25, 0.3) is 0 Å². The minimum Gasteiger partial charge on any atom is -0.457 e. The predicted octanol–water partition coefficient (Wildman–Crippen LogP) is 18.1. The maximum Gasteiger partial charge on any atom is 0.137 e. The van der Waals surface area contributed by atoms with Crippen LogP contribution in [0.15, 0.2) is 170 Å². The van der Waals surface area contributed by atoms with Crippen LogP contribution in [-0.2, 0) is 16.2 Å². The summed E-state index contributed by atoms with van der Waals surface area (Å²) < 4.78 is 9.51. The summed E-state index contributed by atoms with van der Waals surface area (Å²) in [6.45, 7) is 28.2. The second kappa shape index (κ2) is 17.7. The first kappa shape index (κ1) is 46.6. The molecular formula is C65H68N4O. The van der Waals surface area contributed by atoms with Gasteiger partial charge in [-0.15, -0.1) is 0 Å². The third-order valence-electron chi connectivity index (χ3n) is 14.7. The van der Waals surface area contributed by atoms with Crippen LogP contribution in [0.3, 0.4) is 0 Å². The largest absolute Gasteiger partial charge is 0.457 e. The van der Waals surface area contributed by atoms with E-state index in [-0.39, 0.29) is 16.2 Å². The van der Waals surface area contributed by atoms with Gasteiger partial charge in [0.15, 0.2) is 0 Å². The van der Waals surface area contributed by atoms with Crippen LogP contribution in [0, 0.1) is 0 Å². The van der Waals surface area contributed by atoms with Crippen LogP contribution >= 0.6 is 0 Å². The smallest absolute Gasteiger partial charge is 0.137 e. The van der Waals surface area contributed by atoms with E-state index in [9.17, 15) is 0 Å². The van der Waals surface area contributed by atoms with E-state index < -0.39 is 0 Å². The lowest BCUT2D eigenvalue weighted by Gasteiger charge is -2.28. The van der Waals surface area contributed by atoms with Crippen LogP contribution in [0.25, 0.3) is 38.8 Å². The van der Waals surface area contributed by atoms with Gasteiger partial charge in [-0.05, 0) is 134 Å². The summed E-state index contributed by atoms with van der Waals surface area (Å²) in [4.78, 5) is 9.95. The van der Waals surface area contributed by atoms with Gasteiger partial charge in [0.05, 0.1) is 22.4 Å². The molecule has 0 N–H and O–H groups in total. The minimum absolute atomic E-state index is 0.0262. The monoisotopic (exact) mass is 921 g/mol. The molecule has 0 fully saturated rings. The van der Waals surface area contributed by atoms with Crippen molar-refractivity contribution in [3.63, 3.8) is 0 Å². The van der Waals surface area contributed by atoms with Gasteiger partial charge < -0.3 is 14.5 Å².